The Labute approximate surface area is 94.7 Å². The van der Waals surface area contributed by atoms with Crippen molar-refractivity contribution in [2.24, 2.45) is 16.1 Å². The van der Waals surface area contributed by atoms with Crippen LogP contribution in [-0.2, 0) is 9.53 Å². The van der Waals surface area contributed by atoms with Crippen LogP contribution in [0, 0.1) is 5.92 Å². The van der Waals surface area contributed by atoms with Gasteiger partial charge in [-0.15, -0.1) is 0 Å². The van der Waals surface area contributed by atoms with Crippen LogP contribution in [0.3, 0.4) is 0 Å². The van der Waals surface area contributed by atoms with Gasteiger partial charge in [0.2, 0.25) is 0 Å². The van der Waals surface area contributed by atoms with Gasteiger partial charge in [-0.2, -0.15) is 5.11 Å². The molecule has 16 heavy (non-hydrogen) atoms. The summed E-state index contributed by atoms with van der Waals surface area (Å²) in [5.41, 5.74) is -0.660. The van der Waals surface area contributed by atoms with Crippen molar-refractivity contribution in [1.29, 1.82) is 0 Å². The molecule has 0 aliphatic carbocycles. The van der Waals surface area contributed by atoms with E-state index in [2.05, 4.69) is 10.2 Å². The summed E-state index contributed by atoms with van der Waals surface area (Å²) < 4.78 is 4.86. The predicted octanol–water partition coefficient (Wildman–Crippen LogP) is 2.48. The highest BCUT2D eigenvalue weighted by Crippen LogP contribution is 2.11. The first-order valence-corrected chi connectivity index (χ1v) is 5.00. The summed E-state index contributed by atoms with van der Waals surface area (Å²) in [6.45, 7) is 8.45. The number of azo groups is 1. The zero-order chi connectivity index (χ0) is 12.9. The van der Waals surface area contributed by atoms with Gasteiger partial charge in [0.25, 0.3) is 0 Å². The summed E-state index contributed by atoms with van der Waals surface area (Å²) >= 11 is 0. The van der Waals surface area contributed by atoms with Gasteiger partial charge in [-0.1, -0.05) is 19.0 Å². The van der Waals surface area contributed by atoms with Crippen LogP contribution in [0.4, 0.5) is 4.79 Å². The molecule has 0 saturated heterocycles. The maximum Gasteiger partial charge on any atom is 0.452 e. The number of carboxylic acids is 1. The molecule has 0 rings (SSSR count). The first-order chi connectivity index (χ1) is 7.13. The lowest BCUT2D eigenvalue weighted by atomic mass is 10.1. The number of hydrogen-bond acceptors (Lipinski definition) is 4. The smallest absolute Gasteiger partial charge is 0.452 e. The molecule has 6 nitrogen and oxygen atoms in total. The molecule has 0 aromatic carbocycles. The van der Waals surface area contributed by atoms with E-state index in [1.165, 1.54) is 0 Å². The number of amides is 1. The number of hydrogen-bond donors (Lipinski definition) is 1. The van der Waals surface area contributed by atoms with Crippen molar-refractivity contribution in [2.45, 2.75) is 46.3 Å². The van der Waals surface area contributed by atoms with E-state index in [-0.39, 0.29) is 5.92 Å². The largest absolute Gasteiger partial charge is 0.480 e. The van der Waals surface area contributed by atoms with Gasteiger partial charge < -0.3 is 9.84 Å². The molecule has 0 aromatic heterocycles. The second-order valence-electron chi connectivity index (χ2n) is 4.72. The zero-order valence-electron chi connectivity index (χ0n) is 10.2. The number of ether oxygens (including phenoxy) is 1. The average Bonchev–Trinajstić information content (AvgIpc) is 1.98. The predicted molar refractivity (Wildman–Crippen MR) is 57.4 cm³/mol. The van der Waals surface area contributed by atoms with Gasteiger partial charge in [0.05, 0.1) is 0 Å². The molecule has 0 heterocycles. The van der Waals surface area contributed by atoms with E-state index in [9.17, 15) is 9.59 Å². The van der Waals surface area contributed by atoms with Crippen molar-refractivity contribution in [3.05, 3.63) is 0 Å². The minimum atomic E-state index is -1.11. The summed E-state index contributed by atoms with van der Waals surface area (Å²) in [5, 5.41) is 15.5. The monoisotopic (exact) mass is 230 g/mol. The van der Waals surface area contributed by atoms with Crippen molar-refractivity contribution >= 4 is 12.1 Å². The minimum absolute atomic E-state index is 0.233. The molecule has 1 N–H and O–H groups in total. The number of aliphatic carboxylic acids is 1. The molecule has 0 bridgehead atoms. The third-order valence-corrected chi connectivity index (χ3v) is 1.54. The molecule has 0 aliphatic heterocycles. The highest BCUT2D eigenvalue weighted by Gasteiger charge is 2.22. The molecule has 0 saturated carbocycles. The number of carboxylic acid groups (broad SMARTS) is 1. The Hall–Kier alpha value is -1.46. The van der Waals surface area contributed by atoms with Gasteiger partial charge in [-0.25, -0.2) is 9.59 Å². The molecule has 0 radical (unpaired) electrons. The second-order valence-corrected chi connectivity index (χ2v) is 4.72. The third kappa shape index (κ3) is 6.10. The number of carbonyl (C=O) groups is 2. The maximum atomic E-state index is 11.1. The van der Waals surface area contributed by atoms with Crippen molar-refractivity contribution in [3.63, 3.8) is 0 Å². The SMILES string of the molecule is CC(C)C(N=NC(=O)OC(C)(C)C)C(=O)O. The number of carbonyl (C=O) groups excluding carboxylic acids is 1. The van der Waals surface area contributed by atoms with E-state index in [0.717, 1.165) is 0 Å². The summed E-state index contributed by atoms with van der Waals surface area (Å²) in [4.78, 5) is 21.9. The van der Waals surface area contributed by atoms with Gasteiger partial charge in [-0.3, -0.25) is 0 Å². The lowest BCUT2D eigenvalue weighted by Gasteiger charge is -2.17. The fourth-order valence-electron chi connectivity index (χ4n) is 0.860. The quantitative estimate of drug-likeness (QED) is 0.754. The zero-order valence-corrected chi connectivity index (χ0v) is 10.2. The molecule has 0 spiro atoms. The summed E-state index contributed by atoms with van der Waals surface area (Å²) in [6, 6.07) is -1.02. The van der Waals surface area contributed by atoms with E-state index in [1.54, 1.807) is 34.6 Å². The van der Waals surface area contributed by atoms with Crippen LogP contribution in [0.1, 0.15) is 34.6 Å². The first-order valence-electron chi connectivity index (χ1n) is 5.00. The summed E-state index contributed by atoms with van der Waals surface area (Å²) in [5.74, 6) is -1.34. The van der Waals surface area contributed by atoms with Gasteiger partial charge in [0.1, 0.15) is 5.60 Å². The minimum Gasteiger partial charge on any atom is -0.480 e. The van der Waals surface area contributed by atoms with Crippen molar-refractivity contribution < 1.29 is 19.4 Å². The van der Waals surface area contributed by atoms with Gasteiger partial charge in [0.15, 0.2) is 6.04 Å². The molecular formula is C10H18N2O4. The molecule has 1 atom stereocenters. The molecule has 1 unspecified atom stereocenters. The second kappa shape index (κ2) is 5.58. The lowest BCUT2D eigenvalue weighted by Crippen LogP contribution is -2.25. The van der Waals surface area contributed by atoms with Crippen LogP contribution in [0.15, 0.2) is 10.2 Å². The third-order valence-electron chi connectivity index (χ3n) is 1.54. The van der Waals surface area contributed by atoms with Crippen LogP contribution in [0.2, 0.25) is 0 Å². The van der Waals surface area contributed by atoms with E-state index in [4.69, 9.17) is 9.84 Å². The Morgan fingerprint density at radius 1 is 1.25 bits per heavy atom. The highest BCUT2D eigenvalue weighted by molar-refractivity contribution is 5.74. The Morgan fingerprint density at radius 3 is 2.06 bits per heavy atom. The Kier molecular flexibility index (Phi) is 5.07. The highest BCUT2D eigenvalue weighted by atomic mass is 16.6. The fraction of sp³-hybridized carbons (Fsp3) is 0.800. The molecule has 0 aliphatic rings. The van der Waals surface area contributed by atoms with Gasteiger partial charge in [0, 0.05) is 0 Å². The topological polar surface area (TPSA) is 88.3 Å². The van der Waals surface area contributed by atoms with Crippen LogP contribution < -0.4 is 0 Å². The van der Waals surface area contributed by atoms with Crippen LogP contribution in [-0.4, -0.2) is 28.8 Å². The van der Waals surface area contributed by atoms with E-state index in [1.807, 2.05) is 0 Å². The molecule has 0 aromatic rings. The summed E-state index contributed by atoms with van der Waals surface area (Å²) in [6.07, 6.45) is -0.876. The van der Waals surface area contributed by atoms with E-state index >= 15 is 0 Å². The Bertz CT molecular complexity index is 292. The van der Waals surface area contributed by atoms with Crippen molar-refractivity contribution in [3.8, 4) is 0 Å². The van der Waals surface area contributed by atoms with Crippen LogP contribution >= 0.6 is 0 Å². The Morgan fingerprint density at radius 2 is 1.75 bits per heavy atom. The molecule has 92 valence electrons. The molecule has 1 amide bonds. The number of nitrogens with zero attached hydrogens (tertiary/aromatic N) is 2. The Balaban J connectivity index is 4.46. The normalized spacial score (nSPS) is 14.1. The van der Waals surface area contributed by atoms with Crippen LogP contribution in [0.5, 0.6) is 0 Å². The molecule has 0 fully saturated rings. The average molecular weight is 230 g/mol. The van der Waals surface area contributed by atoms with Crippen LogP contribution in [0.25, 0.3) is 0 Å². The maximum absolute atomic E-state index is 11.1. The fourth-order valence-corrected chi connectivity index (χ4v) is 0.860. The molecule has 6 heteroatoms. The van der Waals surface area contributed by atoms with E-state index in [0.29, 0.717) is 0 Å². The van der Waals surface area contributed by atoms with Gasteiger partial charge in [-0.05, 0) is 26.7 Å². The standard InChI is InChI=1S/C10H18N2O4/c1-6(2)7(8(13)14)11-12-9(15)16-10(3,4)5/h6-7H,1-5H3,(H,13,14). The molecular weight excluding hydrogens is 212 g/mol. The van der Waals surface area contributed by atoms with Crippen molar-refractivity contribution in [1.82, 2.24) is 0 Å². The van der Waals surface area contributed by atoms with Gasteiger partial charge >= 0.3 is 12.1 Å². The van der Waals surface area contributed by atoms with E-state index < -0.39 is 23.7 Å². The summed E-state index contributed by atoms with van der Waals surface area (Å²) in [7, 11) is 0. The first kappa shape index (κ1) is 14.5. The lowest BCUT2D eigenvalue weighted by molar-refractivity contribution is -0.139. The van der Waals surface area contributed by atoms with Crippen molar-refractivity contribution in [2.75, 3.05) is 0 Å². The number of rotatable bonds is 3.